The molecule has 0 saturated carbocycles. The van der Waals surface area contributed by atoms with Crippen LogP contribution in [0.1, 0.15) is 24.1 Å². The van der Waals surface area contributed by atoms with Crippen LogP contribution in [-0.2, 0) is 14.3 Å². The summed E-state index contributed by atoms with van der Waals surface area (Å²) in [4.78, 5) is 29.8. The molecule has 0 spiro atoms. The Labute approximate surface area is 145 Å². The summed E-state index contributed by atoms with van der Waals surface area (Å²) in [6.07, 6.45) is 5.29. The van der Waals surface area contributed by atoms with Crippen molar-refractivity contribution in [1.82, 2.24) is 9.88 Å². The van der Waals surface area contributed by atoms with Crippen molar-refractivity contribution in [3.63, 3.8) is 0 Å². The SMILES string of the molecule is CCOC(=O)[C]=C(c1cccnc1)N1C(=O)OC[C@H]1c1ccccc1. The maximum atomic E-state index is 12.4. The number of amides is 1. The van der Waals surface area contributed by atoms with E-state index in [1.165, 1.54) is 4.90 Å². The zero-order valence-corrected chi connectivity index (χ0v) is 13.7. The molecule has 1 aliphatic rings. The van der Waals surface area contributed by atoms with Crippen LogP contribution in [0.2, 0.25) is 0 Å². The standard InChI is InChI=1S/C19H17N2O4/c1-2-24-18(22)11-16(15-9-6-10-20-12-15)21-17(13-25-19(21)23)14-7-4-3-5-8-14/h3-10,12,17H,2,13H2,1H3/t17-/m0/s1. The number of rotatable bonds is 5. The molecular weight excluding hydrogens is 320 g/mol. The summed E-state index contributed by atoms with van der Waals surface area (Å²) in [7, 11) is 0. The van der Waals surface area contributed by atoms with Crippen LogP contribution in [0.5, 0.6) is 0 Å². The van der Waals surface area contributed by atoms with Gasteiger partial charge in [-0.1, -0.05) is 30.3 Å². The van der Waals surface area contributed by atoms with Crippen LogP contribution in [0.3, 0.4) is 0 Å². The Morgan fingerprint density at radius 2 is 2.12 bits per heavy atom. The Bertz CT molecular complexity index is 775. The highest BCUT2D eigenvalue weighted by atomic mass is 16.6. The molecule has 6 heteroatoms. The fourth-order valence-electron chi connectivity index (χ4n) is 2.63. The summed E-state index contributed by atoms with van der Waals surface area (Å²) in [6, 6.07) is 12.6. The van der Waals surface area contributed by atoms with Crippen molar-refractivity contribution >= 4 is 17.8 Å². The highest BCUT2D eigenvalue weighted by Gasteiger charge is 2.37. The van der Waals surface area contributed by atoms with Crippen molar-refractivity contribution in [3.05, 3.63) is 72.1 Å². The Morgan fingerprint density at radius 3 is 2.80 bits per heavy atom. The van der Waals surface area contributed by atoms with Crippen LogP contribution in [0.25, 0.3) is 5.70 Å². The number of cyclic esters (lactones) is 1. The van der Waals surface area contributed by atoms with E-state index in [2.05, 4.69) is 11.1 Å². The summed E-state index contributed by atoms with van der Waals surface area (Å²) < 4.78 is 10.2. The number of benzene rings is 1. The molecule has 0 unspecified atom stereocenters. The Kier molecular flexibility index (Phi) is 5.09. The molecule has 1 aliphatic heterocycles. The van der Waals surface area contributed by atoms with Crippen LogP contribution in [0.4, 0.5) is 4.79 Å². The lowest BCUT2D eigenvalue weighted by atomic mass is 10.0. The van der Waals surface area contributed by atoms with Gasteiger partial charge in [0, 0.05) is 18.0 Å². The van der Waals surface area contributed by atoms with Gasteiger partial charge in [0.25, 0.3) is 0 Å². The first kappa shape index (κ1) is 16.7. The largest absolute Gasteiger partial charge is 0.462 e. The van der Waals surface area contributed by atoms with Gasteiger partial charge < -0.3 is 9.47 Å². The van der Waals surface area contributed by atoms with Crippen LogP contribution < -0.4 is 0 Å². The number of aromatic nitrogens is 1. The molecule has 0 aliphatic carbocycles. The minimum atomic E-state index is -0.645. The van der Waals surface area contributed by atoms with E-state index in [1.54, 1.807) is 31.5 Å². The Hall–Kier alpha value is -3.15. The molecule has 2 heterocycles. The quantitative estimate of drug-likeness (QED) is 0.620. The third-order valence-corrected chi connectivity index (χ3v) is 3.73. The Balaban J connectivity index is 2.04. The van der Waals surface area contributed by atoms with Gasteiger partial charge in [-0.3, -0.25) is 9.88 Å². The molecular formula is C19H17N2O4. The van der Waals surface area contributed by atoms with Gasteiger partial charge in [-0.25, -0.2) is 9.59 Å². The lowest BCUT2D eigenvalue weighted by molar-refractivity contribution is -0.138. The first-order valence-corrected chi connectivity index (χ1v) is 7.92. The number of ether oxygens (including phenoxy) is 2. The number of carbonyl (C=O) groups excluding carboxylic acids is 2. The van der Waals surface area contributed by atoms with Gasteiger partial charge in [-0.2, -0.15) is 0 Å². The smallest absolute Gasteiger partial charge is 0.415 e. The number of pyridine rings is 1. The highest BCUT2D eigenvalue weighted by molar-refractivity contribution is 5.92. The first-order valence-electron chi connectivity index (χ1n) is 7.92. The van der Waals surface area contributed by atoms with Gasteiger partial charge in [0.1, 0.15) is 12.7 Å². The topological polar surface area (TPSA) is 68.7 Å². The molecule has 25 heavy (non-hydrogen) atoms. The van der Waals surface area contributed by atoms with Crippen molar-refractivity contribution in [2.75, 3.05) is 13.2 Å². The molecule has 1 aromatic heterocycles. The fraction of sp³-hybridized carbons (Fsp3) is 0.211. The highest BCUT2D eigenvalue weighted by Crippen LogP contribution is 2.35. The van der Waals surface area contributed by atoms with Crippen LogP contribution in [-0.4, -0.2) is 35.2 Å². The normalized spacial score (nSPS) is 17.3. The predicted molar refractivity (Wildman–Crippen MR) is 89.9 cm³/mol. The van der Waals surface area contributed by atoms with Crippen LogP contribution in [0.15, 0.2) is 54.9 Å². The summed E-state index contributed by atoms with van der Waals surface area (Å²) in [5.41, 5.74) is 1.76. The molecule has 1 fully saturated rings. The van der Waals surface area contributed by atoms with Gasteiger partial charge in [0.15, 0.2) is 0 Å². The maximum Gasteiger partial charge on any atom is 0.415 e. The zero-order chi connectivity index (χ0) is 17.6. The van der Waals surface area contributed by atoms with Crippen molar-refractivity contribution in [3.8, 4) is 0 Å². The predicted octanol–water partition coefficient (Wildman–Crippen LogP) is 2.98. The monoisotopic (exact) mass is 337 g/mol. The number of nitrogens with zero attached hydrogens (tertiary/aromatic N) is 2. The fourth-order valence-corrected chi connectivity index (χ4v) is 2.63. The van der Waals surface area contributed by atoms with Crippen LogP contribution >= 0.6 is 0 Å². The third-order valence-electron chi connectivity index (χ3n) is 3.73. The van der Waals surface area contributed by atoms with E-state index in [0.29, 0.717) is 5.56 Å². The molecule has 1 radical (unpaired) electrons. The molecule has 1 aromatic carbocycles. The second kappa shape index (κ2) is 7.61. The molecule has 0 bridgehead atoms. The number of esters is 1. The molecule has 1 atom stereocenters. The molecule has 1 amide bonds. The summed E-state index contributed by atoms with van der Waals surface area (Å²) in [5.74, 6) is -0.645. The molecule has 127 valence electrons. The average Bonchev–Trinajstić information content (AvgIpc) is 3.03. The van der Waals surface area contributed by atoms with Gasteiger partial charge in [0.05, 0.1) is 18.3 Å². The summed E-state index contributed by atoms with van der Waals surface area (Å²) >= 11 is 0. The molecule has 3 rings (SSSR count). The minimum Gasteiger partial charge on any atom is -0.462 e. The van der Waals surface area contributed by atoms with Crippen LogP contribution in [0, 0.1) is 6.08 Å². The Morgan fingerprint density at radius 1 is 1.32 bits per heavy atom. The van der Waals surface area contributed by atoms with E-state index in [0.717, 1.165) is 5.56 Å². The van der Waals surface area contributed by atoms with Gasteiger partial charge in [-0.05, 0) is 24.6 Å². The van der Waals surface area contributed by atoms with Crippen molar-refractivity contribution < 1.29 is 19.1 Å². The lowest BCUT2D eigenvalue weighted by Gasteiger charge is -2.24. The van der Waals surface area contributed by atoms with E-state index in [-0.39, 0.29) is 25.0 Å². The van der Waals surface area contributed by atoms with E-state index in [4.69, 9.17) is 9.47 Å². The first-order chi connectivity index (χ1) is 12.2. The minimum absolute atomic E-state index is 0.192. The molecule has 2 aromatic rings. The van der Waals surface area contributed by atoms with E-state index >= 15 is 0 Å². The zero-order valence-electron chi connectivity index (χ0n) is 13.7. The number of carbonyl (C=O) groups is 2. The van der Waals surface area contributed by atoms with Gasteiger partial charge in [0.2, 0.25) is 0 Å². The van der Waals surface area contributed by atoms with Gasteiger partial charge in [-0.15, -0.1) is 0 Å². The van der Waals surface area contributed by atoms with Crippen molar-refractivity contribution in [1.29, 1.82) is 0 Å². The average molecular weight is 337 g/mol. The maximum absolute atomic E-state index is 12.4. The molecule has 0 N–H and O–H groups in total. The summed E-state index contributed by atoms with van der Waals surface area (Å²) in [5, 5.41) is 0. The van der Waals surface area contributed by atoms with Crippen molar-refractivity contribution in [2.45, 2.75) is 13.0 Å². The van der Waals surface area contributed by atoms with Crippen molar-refractivity contribution in [2.24, 2.45) is 0 Å². The third kappa shape index (κ3) is 3.68. The van der Waals surface area contributed by atoms with E-state index in [9.17, 15) is 9.59 Å². The molecule has 6 nitrogen and oxygen atoms in total. The lowest BCUT2D eigenvalue weighted by Crippen LogP contribution is -2.27. The summed E-state index contributed by atoms with van der Waals surface area (Å²) in [6.45, 7) is 2.12. The molecule has 1 saturated heterocycles. The number of hydrogen-bond donors (Lipinski definition) is 0. The second-order valence-electron chi connectivity index (χ2n) is 5.31. The number of hydrogen-bond acceptors (Lipinski definition) is 5. The van der Waals surface area contributed by atoms with E-state index < -0.39 is 12.1 Å². The second-order valence-corrected chi connectivity index (χ2v) is 5.31. The van der Waals surface area contributed by atoms with E-state index in [1.807, 2.05) is 30.3 Å². The van der Waals surface area contributed by atoms with Gasteiger partial charge >= 0.3 is 12.1 Å².